The topological polar surface area (TPSA) is 70.6 Å². The van der Waals surface area contributed by atoms with E-state index in [9.17, 15) is 9.90 Å². The van der Waals surface area contributed by atoms with Gasteiger partial charge in [0.05, 0.1) is 13.2 Å². The van der Waals surface area contributed by atoms with Crippen molar-refractivity contribution >= 4 is 5.91 Å². The molecule has 0 radical (unpaired) electrons. The maximum atomic E-state index is 11.9. The lowest BCUT2D eigenvalue weighted by atomic mass is 10.1. The summed E-state index contributed by atoms with van der Waals surface area (Å²) in [6, 6.07) is 4.95. The number of phenols is 1. The van der Waals surface area contributed by atoms with Gasteiger partial charge in [0.15, 0.2) is 11.5 Å². The molecule has 5 nitrogen and oxygen atoms in total. The Hall–Kier alpha value is -1.75. The zero-order valence-corrected chi connectivity index (χ0v) is 12.7. The van der Waals surface area contributed by atoms with Gasteiger partial charge in [0.25, 0.3) is 0 Å². The molecule has 0 aromatic heterocycles. The molecule has 0 bridgehead atoms. The lowest BCUT2D eigenvalue weighted by Crippen LogP contribution is -2.45. The number of amides is 1. The maximum Gasteiger partial charge on any atom is 0.237 e. The van der Waals surface area contributed by atoms with E-state index < -0.39 is 0 Å². The van der Waals surface area contributed by atoms with Gasteiger partial charge in [-0.3, -0.25) is 10.1 Å². The molecule has 2 unspecified atom stereocenters. The van der Waals surface area contributed by atoms with Gasteiger partial charge in [0.1, 0.15) is 0 Å². The number of methoxy groups -OCH3 is 1. The van der Waals surface area contributed by atoms with Crippen LogP contribution in [-0.4, -0.2) is 30.2 Å². The fourth-order valence-corrected chi connectivity index (χ4v) is 1.92. The van der Waals surface area contributed by atoms with Crippen molar-refractivity contribution in [2.75, 3.05) is 7.11 Å². The van der Waals surface area contributed by atoms with Crippen LogP contribution >= 0.6 is 0 Å². The van der Waals surface area contributed by atoms with Gasteiger partial charge in [-0.25, -0.2) is 0 Å². The predicted octanol–water partition coefficient (Wildman–Crippen LogP) is 1.96. The third-order valence-electron chi connectivity index (χ3n) is 3.03. The Morgan fingerprint density at radius 2 is 1.90 bits per heavy atom. The van der Waals surface area contributed by atoms with Crippen LogP contribution in [0.4, 0.5) is 0 Å². The van der Waals surface area contributed by atoms with E-state index in [1.54, 1.807) is 12.1 Å². The van der Waals surface area contributed by atoms with Gasteiger partial charge < -0.3 is 15.2 Å². The zero-order valence-electron chi connectivity index (χ0n) is 12.7. The first-order valence-corrected chi connectivity index (χ1v) is 6.78. The minimum absolute atomic E-state index is 0.0300. The third-order valence-corrected chi connectivity index (χ3v) is 3.03. The molecular formula is C15H24N2O3. The van der Waals surface area contributed by atoms with Gasteiger partial charge in [-0.05, 0) is 45.4 Å². The number of rotatable bonds is 6. The largest absolute Gasteiger partial charge is 0.504 e. The van der Waals surface area contributed by atoms with E-state index >= 15 is 0 Å². The summed E-state index contributed by atoms with van der Waals surface area (Å²) in [7, 11) is 1.51. The van der Waals surface area contributed by atoms with Gasteiger partial charge in [0.2, 0.25) is 5.91 Å². The fraction of sp³-hybridized carbons (Fsp3) is 0.533. The molecule has 112 valence electrons. The van der Waals surface area contributed by atoms with Crippen LogP contribution in [0.2, 0.25) is 0 Å². The second-order valence-corrected chi connectivity index (χ2v) is 5.20. The summed E-state index contributed by atoms with van der Waals surface area (Å²) in [5.41, 5.74) is 0.948. The first-order valence-electron chi connectivity index (χ1n) is 6.78. The number of carbonyl (C=O) groups is 1. The van der Waals surface area contributed by atoms with E-state index in [-0.39, 0.29) is 29.8 Å². The zero-order chi connectivity index (χ0) is 15.3. The number of carbonyl (C=O) groups excluding carboxylic acids is 1. The highest BCUT2D eigenvalue weighted by Crippen LogP contribution is 2.28. The first-order chi connectivity index (χ1) is 9.35. The summed E-state index contributed by atoms with van der Waals surface area (Å²) in [6.45, 7) is 7.65. The molecule has 3 N–H and O–H groups in total. The van der Waals surface area contributed by atoms with Crippen LogP contribution < -0.4 is 15.4 Å². The average molecular weight is 280 g/mol. The number of benzene rings is 1. The summed E-state index contributed by atoms with van der Waals surface area (Å²) in [4.78, 5) is 11.9. The predicted molar refractivity (Wildman–Crippen MR) is 79.0 cm³/mol. The van der Waals surface area contributed by atoms with E-state index in [4.69, 9.17) is 4.74 Å². The molecular weight excluding hydrogens is 256 g/mol. The molecule has 1 amide bonds. The van der Waals surface area contributed by atoms with Crippen LogP contribution in [0.3, 0.4) is 0 Å². The van der Waals surface area contributed by atoms with Crippen molar-refractivity contribution in [3.63, 3.8) is 0 Å². The molecule has 0 fully saturated rings. The molecule has 1 aromatic rings. The van der Waals surface area contributed by atoms with E-state index in [1.165, 1.54) is 7.11 Å². The van der Waals surface area contributed by atoms with Crippen molar-refractivity contribution < 1.29 is 14.6 Å². The number of hydrogen-bond acceptors (Lipinski definition) is 4. The van der Waals surface area contributed by atoms with Gasteiger partial charge in [-0.2, -0.15) is 0 Å². The quantitative estimate of drug-likeness (QED) is 0.745. The van der Waals surface area contributed by atoms with Crippen molar-refractivity contribution in [2.24, 2.45) is 0 Å². The minimum Gasteiger partial charge on any atom is -0.504 e. The number of ether oxygens (including phenoxy) is 1. The Morgan fingerprint density at radius 3 is 2.45 bits per heavy atom. The normalized spacial score (nSPS) is 13.9. The SMILES string of the molecule is COc1cc(C(C)NC(C)C(=O)NC(C)C)ccc1O. The summed E-state index contributed by atoms with van der Waals surface area (Å²) >= 11 is 0. The van der Waals surface area contributed by atoms with Gasteiger partial charge in [-0.15, -0.1) is 0 Å². The molecule has 1 aromatic carbocycles. The molecule has 0 saturated heterocycles. The lowest BCUT2D eigenvalue weighted by molar-refractivity contribution is -0.123. The minimum atomic E-state index is -0.299. The van der Waals surface area contributed by atoms with E-state index in [2.05, 4.69) is 10.6 Å². The van der Waals surface area contributed by atoms with Crippen molar-refractivity contribution in [3.8, 4) is 11.5 Å². The highest BCUT2D eigenvalue weighted by Gasteiger charge is 2.17. The van der Waals surface area contributed by atoms with Crippen molar-refractivity contribution in [3.05, 3.63) is 23.8 Å². The number of hydrogen-bond donors (Lipinski definition) is 3. The Labute approximate surface area is 120 Å². The van der Waals surface area contributed by atoms with E-state index in [0.29, 0.717) is 5.75 Å². The molecule has 0 saturated carbocycles. The summed E-state index contributed by atoms with van der Waals surface area (Å²) in [5, 5.41) is 15.7. The summed E-state index contributed by atoms with van der Waals surface area (Å²) < 4.78 is 5.08. The van der Waals surface area contributed by atoms with Crippen LogP contribution in [0.5, 0.6) is 11.5 Å². The molecule has 0 spiro atoms. The second kappa shape index (κ2) is 7.14. The third kappa shape index (κ3) is 4.42. The van der Waals surface area contributed by atoms with Gasteiger partial charge in [-0.1, -0.05) is 6.07 Å². The molecule has 0 heterocycles. The van der Waals surface area contributed by atoms with Crippen LogP contribution in [-0.2, 0) is 4.79 Å². The molecule has 20 heavy (non-hydrogen) atoms. The Kier molecular flexibility index (Phi) is 5.82. The number of aromatic hydroxyl groups is 1. The van der Waals surface area contributed by atoms with Crippen molar-refractivity contribution in [1.29, 1.82) is 0 Å². The standard InChI is InChI=1S/C15H24N2O3/c1-9(2)16-15(19)11(4)17-10(3)12-6-7-13(18)14(8-12)20-5/h6-11,17-18H,1-5H3,(H,16,19). The van der Waals surface area contributed by atoms with E-state index in [1.807, 2.05) is 33.8 Å². The molecule has 0 aliphatic rings. The molecule has 0 aliphatic carbocycles. The van der Waals surface area contributed by atoms with E-state index in [0.717, 1.165) is 5.56 Å². The fourth-order valence-electron chi connectivity index (χ4n) is 1.92. The molecule has 2 atom stereocenters. The average Bonchev–Trinajstić information content (AvgIpc) is 2.38. The van der Waals surface area contributed by atoms with Gasteiger partial charge >= 0.3 is 0 Å². The van der Waals surface area contributed by atoms with Crippen LogP contribution in [0.25, 0.3) is 0 Å². The second-order valence-electron chi connectivity index (χ2n) is 5.20. The number of phenolic OH excluding ortho intramolecular Hbond substituents is 1. The maximum absolute atomic E-state index is 11.9. The van der Waals surface area contributed by atoms with Crippen LogP contribution in [0.15, 0.2) is 18.2 Å². The summed E-state index contributed by atoms with van der Waals surface area (Å²) in [6.07, 6.45) is 0. The van der Waals surface area contributed by atoms with Gasteiger partial charge in [0, 0.05) is 12.1 Å². The Bertz CT molecular complexity index is 460. The number of nitrogens with one attached hydrogen (secondary N) is 2. The smallest absolute Gasteiger partial charge is 0.237 e. The van der Waals surface area contributed by atoms with Crippen LogP contribution in [0.1, 0.15) is 39.3 Å². The highest BCUT2D eigenvalue weighted by atomic mass is 16.5. The summed E-state index contributed by atoms with van der Waals surface area (Å²) in [5.74, 6) is 0.502. The molecule has 5 heteroatoms. The van der Waals surface area contributed by atoms with Crippen molar-refractivity contribution in [2.45, 2.75) is 45.8 Å². The Morgan fingerprint density at radius 1 is 1.25 bits per heavy atom. The lowest BCUT2D eigenvalue weighted by Gasteiger charge is -2.21. The molecule has 0 aliphatic heterocycles. The highest BCUT2D eigenvalue weighted by molar-refractivity contribution is 5.81. The monoisotopic (exact) mass is 280 g/mol. The Balaban J connectivity index is 2.71. The van der Waals surface area contributed by atoms with Crippen molar-refractivity contribution in [1.82, 2.24) is 10.6 Å². The molecule has 1 rings (SSSR count). The first kappa shape index (κ1) is 16.3. The van der Waals surface area contributed by atoms with Crippen LogP contribution in [0, 0.1) is 0 Å².